The summed E-state index contributed by atoms with van der Waals surface area (Å²) in [6.45, 7) is 2.11. The van der Waals surface area contributed by atoms with E-state index in [2.05, 4.69) is 10.2 Å². The van der Waals surface area contributed by atoms with E-state index in [1.165, 1.54) is 0 Å². The lowest BCUT2D eigenvalue weighted by Gasteiger charge is -1.97. The van der Waals surface area contributed by atoms with E-state index in [0.717, 1.165) is 5.69 Å². The molecule has 6 nitrogen and oxygen atoms in total. The van der Waals surface area contributed by atoms with Crippen molar-refractivity contribution in [3.63, 3.8) is 0 Å². The third-order valence-electron chi connectivity index (χ3n) is 2.03. The zero-order valence-corrected chi connectivity index (χ0v) is 9.12. The van der Waals surface area contributed by atoms with Gasteiger partial charge in [0.05, 0.1) is 19.0 Å². The van der Waals surface area contributed by atoms with Gasteiger partial charge in [-0.25, -0.2) is 9.48 Å². The Morgan fingerprint density at radius 3 is 3.00 bits per heavy atom. The van der Waals surface area contributed by atoms with Gasteiger partial charge in [-0.2, -0.15) is 10.2 Å². The minimum atomic E-state index is -0.412. The van der Waals surface area contributed by atoms with Crippen molar-refractivity contribution >= 4 is 5.97 Å². The van der Waals surface area contributed by atoms with Gasteiger partial charge in [0.15, 0.2) is 5.69 Å². The largest absolute Gasteiger partial charge is 0.461 e. The maximum atomic E-state index is 11.4. The van der Waals surface area contributed by atoms with Gasteiger partial charge >= 0.3 is 5.97 Å². The Balaban J connectivity index is 2.22. The number of esters is 1. The number of aromatic nitrogens is 4. The molecule has 0 saturated carbocycles. The van der Waals surface area contributed by atoms with Crippen molar-refractivity contribution < 1.29 is 9.53 Å². The van der Waals surface area contributed by atoms with E-state index in [-0.39, 0.29) is 0 Å². The number of ether oxygens (including phenoxy) is 1. The predicted octanol–water partition coefficient (Wildman–Crippen LogP) is 0.782. The molecule has 0 fully saturated rings. The Morgan fingerprint density at radius 2 is 2.38 bits per heavy atom. The number of hydrogen-bond donors (Lipinski definition) is 0. The molecule has 84 valence electrons. The second-order valence-corrected chi connectivity index (χ2v) is 3.24. The van der Waals surface area contributed by atoms with Crippen LogP contribution in [0, 0.1) is 0 Å². The predicted molar refractivity (Wildman–Crippen MR) is 56.3 cm³/mol. The highest BCUT2D eigenvalue weighted by molar-refractivity contribution is 5.87. The standard InChI is InChI=1S/C10H12N4O2/c1-3-16-10(15)9-4-5-14(12-9)8-6-11-13(2)7-8/h4-7H,3H2,1-2H3. The minimum Gasteiger partial charge on any atom is -0.461 e. The topological polar surface area (TPSA) is 61.9 Å². The number of rotatable bonds is 3. The molecule has 0 radical (unpaired) electrons. The summed E-state index contributed by atoms with van der Waals surface area (Å²) >= 11 is 0. The highest BCUT2D eigenvalue weighted by Crippen LogP contribution is 2.06. The summed E-state index contributed by atoms with van der Waals surface area (Å²) in [5.74, 6) is -0.412. The molecule has 2 rings (SSSR count). The van der Waals surface area contributed by atoms with Crippen LogP contribution in [0.5, 0.6) is 0 Å². The number of carbonyl (C=O) groups excluding carboxylic acids is 1. The molecular formula is C10H12N4O2. The quantitative estimate of drug-likeness (QED) is 0.717. The lowest BCUT2D eigenvalue weighted by molar-refractivity contribution is 0.0519. The SMILES string of the molecule is CCOC(=O)c1ccn(-c2cnn(C)c2)n1. The fourth-order valence-corrected chi connectivity index (χ4v) is 1.31. The number of nitrogens with zero attached hydrogens (tertiary/aromatic N) is 4. The van der Waals surface area contributed by atoms with Crippen LogP contribution in [0.15, 0.2) is 24.7 Å². The summed E-state index contributed by atoms with van der Waals surface area (Å²) in [7, 11) is 1.82. The van der Waals surface area contributed by atoms with E-state index in [0.29, 0.717) is 12.3 Å². The highest BCUT2D eigenvalue weighted by Gasteiger charge is 2.11. The molecular weight excluding hydrogens is 208 g/mol. The van der Waals surface area contributed by atoms with Crippen molar-refractivity contribution in [3.8, 4) is 5.69 Å². The number of carbonyl (C=O) groups is 1. The Kier molecular flexibility index (Phi) is 2.72. The second kappa shape index (κ2) is 4.18. The Labute approximate surface area is 92.4 Å². The van der Waals surface area contributed by atoms with Gasteiger partial charge in [-0.1, -0.05) is 0 Å². The van der Waals surface area contributed by atoms with Crippen molar-refractivity contribution in [1.29, 1.82) is 0 Å². The van der Waals surface area contributed by atoms with Gasteiger partial charge < -0.3 is 4.74 Å². The van der Waals surface area contributed by atoms with Crippen LogP contribution in [-0.4, -0.2) is 32.1 Å². The Bertz CT molecular complexity index is 500. The summed E-state index contributed by atoms with van der Waals surface area (Å²) < 4.78 is 8.10. The molecule has 2 heterocycles. The zero-order valence-electron chi connectivity index (χ0n) is 9.12. The maximum Gasteiger partial charge on any atom is 0.358 e. The number of hydrogen-bond acceptors (Lipinski definition) is 4. The van der Waals surface area contributed by atoms with Crippen LogP contribution in [0.25, 0.3) is 5.69 Å². The van der Waals surface area contributed by atoms with E-state index in [4.69, 9.17) is 4.74 Å². The molecule has 0 aliphatic heterocycles. The van der Waals surface area contributed by atoms with Crippen LogP contribution in [-0.2, 0) is 11.8 Å². The maximum absolute atomic E-state index is 11.4. The smallest absolute Gasteiger partial charge is 0.358 e. The fourth-order valence-electron chi connectivity index (χ4n) is 1.31. The monoisotopic (exact) mass is 220 g/mol. The summed E-state index contributed by atoms with van der Waals surface area (Å²) in [5, 5.41) is 8.12. The van der Waals surface area contributed by atoms with E-state index in [1.54, 1.807) is 34.7 Å². The highest BCUT2D eigenvalue weighted by atomic mass is 16.5. The van der Waals surface area contributed by atoms with Gasteiger partial charge in [-0.05, 0) is 13.0 Å². The van der Waals surface area contributed by atoms with Crippen molar-refractivity contribution in [3.05, 3.63) is 30.4 Å². The first-order chi connectivity index (χ1) is 7.70. The van der Waals surface area contributed by atoms with Gasteiger partial charge in [0.2, 0.25) is 0 Å². The summed E-state index contributed by atoms with van der Waals surface area (Å²) in [6, 6.07) is 1.62. The fraction of sp³-hybridized carbons (Fsp3) is 0.300. The van der Waals surface area contributed by atoms with Crippen molar-refractivity contribution in [1.82, 2.24) is 19.6 Å². The molecule has 0 atom stereocenters. The average Bonchev–Trinajstić information content (AvgIpc) is 2.85. The summed E-state index contributed by atoms with van der Waals surface area (Å²) in [5.41, 5.74) is 1.10. The third-order valence-corrected chi connectivity index (χ3v) is 2.03. The molecule has 0 spiro atoms. The zero-order chi connectivity index (χ0) is 11.5. The lowest BCUT2D eigenvalue weighted by Crippen LogP contribution is -2.06. The van der Waals surface area contributed by atoms with E-state index >= 15 is 0 Å². The first-order valence-electron chi connectivity index (χ1n) is 4.92. The Hall–Kier alpha value is -2.11. The van der Waals surface area contributed by atoms with Crippen molar-refractivity contribution in [2.24, 2.45) is 7.05 Å². The first-order valence-corrected chi connectivity index (χ1v) is 4.92. The second-order valence-electron chi connectivity index (χ2n) is 3.24. The molecule has 0 bridgehead atoms. The number of aryl methyl sites for hydroxylation is 1. The van der Waals surface area contributed by atoms with E-state index in [1.807, 2.05) is 13.2 Å². The molecule has 2 aromatic heterocycles. The summed E-state index contributed by atoms with van der Waals surface area (Å²) in [4.78, 5) is 11.4. The molecule has 0 saturated heterocycles. The van der Waals surface area contributed by atoms with Crippen LogP contribution >= 0.6 is 0 Å². The van der Waals surface area contributed by atoms with Crippen LogP contribution in [0.3, 0.4) is 0 Å². The van der Waals surface area contributed by atoms with Gasteiger partial charge in [-0.15, -0.1) is 0 Å². The van der Waals surface area contributed by atoms with Crippen molar-refractivity contribution in [2.45, 2.75) is 6.92 Å². The molecule has 6 heteroatoms. The third kappa shape index (κ3) is 1.95. The summed E-state index contributed by atoms with van der Waals surface area (Å²) in [6.07, 6.45) is 5.17. The van der Waals surface area contributed by atoms with Crippen LogP contribution in [0.4, 0.5) is 0 Å². The van der Waals surface area contributed by atoms with Crippen molar-refractivity contribution in [2.75, 3.05) is 6.61 Å². The van der Waals surface area contributed by atoms with Crippen LogP contribution in [0.2, 0.25) is 0 Å². The molecule has 0 unspecified atom stereocenters. The van der Waals surface area contributed by atoms with Crippen LogP contribution in [0.1, 0.15) is 17.4 Å². The van der Waals surface area contributed by atoms with E-state index in [9.17, 15) is 4.79 Å². The molecule has 0 N–H and O–H groups in total. The van der Waals surface area contributed by atoms with E-state index < -0.39 is 5.97 Å². The van der Waals surface area contributed by atoms with Gasteiger partial charge in [0.25, 0.3) is 0 Å². The first kappa shape index (κ1) is 10.4. The average molecular weight is 220 g/mol. The van der Waals surface area contributed by atoms with Gasteiger partial charge in [0.1, 0.15) is 5.69 Å². The molecule has 0 aromatic carbocycles. The van der Waals surface area contributed by atoms with Crippen LogP contribution < -0.4 is 0 Å². The molecule has 0 aliphatic rings. The lowest BCUT2D eigenvalue weighted by atomic mass is 10.4. The van der Waals surface area contributed by atoms with Gasteiger partial charge in [0, 0.05) is 13.2 Å². The molecule has 0 aliphatic carbocycles. The normalized spacial score (nSPS) is 10.4. The molecule has 0 amide bonds. The molecule has 16 heavy (non-hydrogen) atoms. The molecule has 2 aromatic rings. The minimum absolute atomic E-state index is 0.297. The van der Waals surface area contributed by atoms with Gasteiger partial charge in [-0.3, -0.25) is 4.68 Å². The Morgan fingerprint density at radius 1 is 1.56 bits per heavy atom.